The number of urea groups is 1. The molecule has 0 saturated carbocycles. The number of hydrogen-bond donors (Lipinski definition) is 3. The molecule has 0 radical (unpaired) electrons. The lowest BCUT2D eigenvalue weighted by Crippen LogP contribution is -2.24. The van der Waals surface area contributed by atoms with E-state index in [1.165, 1.54) is 46.8 Å². The van der Waals surface area contributed by atoms with Crippen molar-refractivity contribution in [3.05, 3.63) is 71.1 Å². The number of fused-ring (bicyclic) bond motifs is 1. The molecule has 4 aromatic rings. The van der Waals surface area contributed by atoms with Crippen LogP contribution in [0, 0.1) is 5.82 Å². The van der Waals surface area contributed by atoms with E-state index in [1.54, 1.807) is 42.6 Å². The number of nitrogens with zero attached hydrogens (tertiary/aromatic N) is 2. The minimum absolute atomic E-state index is 0.00897. The van der Waals surface area contributed by atoms with Gasteiger partial charge in [0.15, 0.2) is 11.5 Å². The molecule has 39 heavy (non-hydrogen) atoms. The number of benzene rings is 3. The topological polar surface area (TPSA) is 115 Å². The number of carbonyl (C=O) groups excluding carboxylic acids is 1. The minimum atomic E-state index is -0.618. The first-order chi connectivity index (χ1) is 18.9. The van der Waals surface area contributed by atoms with E-state index in [4.69, 9.17) is 30.5 Å². The van der Waals surface area contributed by atoms with Gasteiger partial charge in [-0.15, -0.1) is 0 Å². The third-order valence-corrected chi connectivity index (χ3v) is 5.90. The maximum absolute atomic E-state index is 13.6. The smallest absolute Gasteiger partial charge is 0.339 e. The van der Waals surface area contributed by atoms with Crippen molar-refractivity contribution in [3.8, 4) is 23.0 Å². The Kier molecular flexibility index (Phi) is 8.52. The first kappa shape index (κ1) is 27.3. The second-order valence-electron chi connectivity index (χ2n) is 7.93. The maximum Gasteiger partial charge on any atom is 0.339 e. The summed E-state index contributed by atoms with van der Waals surface area (Å²) < 4.78 is 35.1. The molecule has 2 amide bonds. The summed E-state index contributed by atoms with van der Waals surface area (Å²) >= 11 is 5.92. The van der Waals surface area contributed by atoms with Crippen molar-refractivity contribution in [3.63, 3.8) is 0 Å². The van der Waals surface area contributed by atoms with Gasteiger partial charge >= 0.3 is 6.03 Å². The Balaban J connectivity index is 1.56. The number of carbonyl (C=O) groups is 1. The molecule has 1 aromatic heterocycles. The first-order valence-electron chi connectivity index (χ1n) is 11.5. The van der Waals surface area contributed by atoms with Gasteiger partial charge in [0.2, 0.25) is 5.75 Å². The van der Waals surface area contributed by atoms with Crippen molar-refractivity contribution in [1.29, 1.82) is 0 Å². The summed E-state index contributed by atoms with van der Waals surface area (Å²) in [6, 6.07) is 12.2. The van der Waals surface area contributed by atoms with Crippen molar-refractivity contribution >= 4 is 51.8 Å². The van der Waals surface area contributed by atoms with Gasteiger partial charge in [0, 0.05) is 34.6 Å². The Morgan fingerprint density at radius 2 is 1.69 bits per heavy atom. The summed E-state index contributed by atoms with van der Waals surface area (Å²) in [6.45, 7) is 0. The lowest BCUT2D eigenvalue weighted by molar-refractivity contribution is 0.252. The van der Waals surface area contributed by atoms with E-state index in [-0.39, 0.29) is 5.02 Å². The van der Waals surface area contributed by atoms with Crippen LogP contribution in [0.3, 0.4) is 0 Å². The van der Waals surface area contributed by atoms with Gasteiger partial charge in [-0.05, 0) is 42.5 Å². The van der Waals surface area contributed by atoms with Crippen LogP contribution in [0.5, 0.6) is 23.0 Å². The average molecular weight is 554 g/mol. The Morgan fingerprint density at radius 1 is 0.923 bits per heavy atom. The molecule has 12 heteroatoms. The van der Waals surface area contributed by atoms with E-state index < -0.39 is 11.8 Å². The van der Waals surface area contributed by atoms with Gasteiger partial charge in [-0.3, -0.25) is 4.98 Å². The standard InChI is InChI=1S/C27H25ClFN5O5/c1-36-23-8-5-15(25(38-3)26(23)39-4)14-31-34-27(35)33-22-12-17-20(9-10-30-21(17)13-24(22)37-2)32-16-6-7-19(29)18(28)11-16/h5-14H,1-4H3,(H,30,32)(H2,33,34,35)/b31-14+. The Bertz CT molecular complexity index is 1550. The number of rotatable bonds is 9. The molecule has 4 rings (SSSR count). The highest BCUT2D eigenvalue weighted by molar-refractivity contribution is 6.31. The summed E-state index contributed by atoms with van der Waals surface area (Å²) in [5.41, 5.74) is 5.19. The minimum Gasteiger partial charge on any atom is -0.494 e. The van der Waals surface area contributed by atoms with Crippen LogP contribution in [-0.2, 0) is 0 Å². The SMILES string of the molecule is COc1cc2nccc(Nc3ccc(F)c(Cl)c3)c2cc1NC(=O)N/N=C/c1ccc(OC)c(OC)c1OC. The second-order valence-corrected chi connectivity index (χ2v) is 8.34. The zero-order valence-electron chi connectivity index (χ0n) is 21.5. The number of nitrogens with one attached hydrogen (secondary N) is 3. The van der Waals surface area contributed by atoms with Crippen LogP contribution in [0.1, 0.15) is 5.56 Å². The molecule has 0 aliphatic heterocycles. The van der Waals surface area contributed by atoms with Gasteiger partial charge in [0.05, 0.1) is 50.9 Å². The van der Waals surface area contributed by atoms with Gasteiger partial charge in [-0.2, -0.15) is 5.10 Å². The van der Waals surface area contributed by atoms with Crippen LogP contribution in [0.4, 0.5) is 26.2 Å². The summed E-state index contributed by atoms with van der Waals surface area (Å²) in [6.07, 6.45) is 3.03. The Hall–Kier alpha value is -4.77. The van der Waals surface area contributed by atoms with Crippen LogP contribution in [0.2, 0.25) is 5.02 Å². The molecule has 0 bridgehead atoms. The number of anilines is 3. The van der Waals surface area contributed by atoms with Gasteiger partial charge in [-0.25, -0.2) is 14.6 Å². The lowest BCUT2D eigenvalue weighted by Gasteiger charge is -2.15. The lowest BCUT2D eigenvalue weighted by atomic mass is 10.1. The van der Waals surface area contributed by atoms with Crippen molar-refractivity contribution in [2.75, 3.05) is 39.1 Å². The number of hydrogen-bond acceptors (Lipinski definition) is 8. The molecule has 3 N–H and O–H groups in total. The summed E-state index contributed by atoms with van der Waals surface area (Å²) in [5.74, 6) is 1.16. The monoisotopic (exact) mass is 553 g/mol. The molecule has 0 atom stereocenters. The number of pyridine rings is 1. The average Bonchev–Trinajstić information content (AvgIpc) is 2.94. The molecule has 10 nitrogen and oxygen atoms in total. The molecule has 202 valence electrons. The normalized spacial score (nSPS) is 10.8. The molecule has 3 aromatic carbocycles. The number of halogens is 2. The fraction of sp³-hybridized carbons (Fsp3) is 0.148. The quantitative estimate of drug-likeness (QED) is 0.173. The first-order valence-corrected chi connectivity index (χ1v) is 11.8. The third kappa shape index (κ3) is 6.04. The Morgan fingerprint density at radius 3 is 2.38 bits per heavy atom. The van der Waals surface area contributed by atoms with E-state index >= 15 is 0 Å². The van der Waals surface area contributed by atoms with E-state index in [0.29, 0.717) is 56.5 Å². The molecule has 0 aliphatic rings. The molecular formula is C27H25ClFN5O5. The van der Waals surface area contributed by atoms with Crippen molar-refractivity contribution in [1.82, 2.24) is 10.4 Å². The van der Waals surface area contributed by atoms with E-state index in [9.17, 15) is 9.18 Å². The number of hydrazone groups is 1. The van der Waals surface area contributed by atoms with Crippen LogP contribution in [0.25, 0.3) is 10.9 Å². The maximum atomic E-state index is 13.6. The van der Waals surface area contributed by atoms with Crippen LogP contribution in [0.15, 0.2) is 59.8 Å². The molecular weight excluding hydrogens is 529 g/mol. The molecule has 0 saturated heterocycles. The highest BCUT2D eigenvalue weighted by atomic mass is 35.5. The highest BCUT2D eigenvalue weighted by Gasteiger charge is 2.15. The molecule has 0 spiro atoms. The number of ether oxygens (including phenoxy) is 4. The van der Waals surface area contributed by atoms with E-state index in [2.05, 4.69) is 26.1 Å². The largest absolute Gasteiger partial charge is 0.494 e. The van der Waals surface area contributed by atoms with Crippen LogP contribution in [-0.4, -0.2) is 45.7 Å². The van der Waals surface area contributed by atoms with Crippen LogP contribution < -0.4 is 35.0 Å². The molecule has 0 aliphatic carbocycles. The number of methoxy groups -OCH3 is 4. The molecule has 0 fully saturated rings. The van der Waals surface area contributed by atoms with Crippen molar-refractivity contribution in [2.24, 2.45) is 5.10 Å². The fourth-order valence-electron chi connectivity index (χ4n) is 3.82. The predicted molar refractivity (Wildman–Crippen MR) is 149 cm³/mol. The number of amides is 2. The van der Waals surface area contributed by atoms with Crippen molar-refractivity contribution < 1.29 is 28.1 Å². The predicted octanol–water partition coefficient (Wildman–Crippen LogP) is 5.96. The zero-order chi connectivity index (χ0) is 27.9. The van der Waals surface area contributed by atoms with Crippen molar-refractivity contribution in [2.45, 2.75) is 0 Å². The van der Waals surface area contributed by atoms with Gasteiger partial charge < -0.3 is 29.6 Å². The highest BCUT2D eigenvalue weighted by Crippen LogP contribution is 2.39. The summed E-state index contributed by atoms with van der Waals surface area (Å²) in [7, 11) is 5.98. The molecule has 0 unspecified atom stereocenters. The van der Waals surface area contributed by atoms with Gasteiger partial charge in [0.25, 0.3) is 0 Å². The van der Waals surface area contributed by atoms with E-state index in [1.807, 2.05) is 0 Å². The summed E-state index contributed by atoms with van der Waals surface area (Å²) in [5, 5.41) is 10.6. The molecule has 1 heterocycles. The third-order valence-electron chi connectivity index (χ3n) is 5.61. The second kappa shape index (κ2) is 12.2. The van der Waals surface area contributed by atoms with E-state index in [0.717, 1.165) is 0 Å². The summed E-state index contributed by atoms with van der Waals surface area (Å²) in [4.78, 5) is 17.1. The fourth-order valence-corrected chi connectivity index (χ4v) is 4.00. The van der Waals surface area contributed by atoms with Gasteiger partial charge in [0.1, 0.15) is 11.6 Å². The van der Waals surface area contributed by atoms with Gasteiger partial charge in [-0.1, -0.05) is 11.6 Å². The zero-order valence-corrected chi connectivity index (χ0v) is 22.2. The number of aromatic nitrogens is 1. The van der Waals surface area contributed by atoms with Crippen LogP contribution >= 0.6 is 11.6 Å². The Labute approximate surface area is 228 Å².